The molecule has 0 heterocycles. The average molecular weight is 366 g/mol. The van der Waals surface area contributed by atoms with Crippen LogP contribution in [0.5, 0.6) is 0 Å². The monoisotopic (exact) mass is 366 g/mol. The number of non-ortho nitro benzene ring substituents is 1. The van der Waals surface area contributed by atoms with Gasteiger partial charge in [-0.3, -0.25) is 14.9 Å². The van der Waals surface area contributed by atoms with Crippen LogP contribution in [0.3, 0.4) is 0 Å². The third kappa shape index (κ3) is 4.59. The molecule has 138 valence electrons. The minimum atomic E-state index is -4.44. The number of halogens is 3. The molecule has 0 spiro atoms. The fourth-order valence-corrected chi connectivity index (χ4v) is 2.36. The highest BCUT2D eigenvalue weighted by molar-refractivity contribution is 5.94. The molecule has 0 aromatic heterocycles. The predicted octanol–water partition coefficient (Wildman–Crippen LogP) is 4.32. The van der Waals surface area contributed by atoms with Crippen LogP contribution in [0.4, 0.5) is 18.9 Å². The number of amides is 1. The molecular formula is C18H17F3N2O3. The van der Waals surface area contributed by atoms with Gasteiger partial charge in [0.25, 0.3) is 11.6 Å². The van der Waals surface area contributed by atoms with E-state index >= 15 is 0 Å². The van der Waals surface area contributed by atoms with Crippen molar-refractivity contribution < 1.29 is 22.9 Å². The molecule has 0 aliphatic heterocycles. The SMILES string of the molecule is CC(C)(CNC(=O)c1ccc([N+](=O)[O-])cc1)c1cccc(C(F)(F)F)c1. The lowest BCUT2D eigenvalue weighted by atomic mass is 9.83. The zero-order chi connectivity index (χ0) is 19.5. The second-order valence-electron chi connectivity index (χ2n) is 6.45. The van der Waals surface area contributed by atoms with Gasteiger partial charge in [-0.2, -0.15) is 13.2 Å². The lowest BCUT2D eigenvalue weighted by Crippen LogP contribution is -2.36. The molecule has 0 saturated carbocycles. The molecule has 2 rings (SSSR count). The lowest BCUT2D eigenvalue weighted by molar-refractivity contribution is -0.384. The fourth-order valence-electron chi connectivity index (χ4n) is 2.36. The summed E-state index contributed by atoms with van der Waals surface area (Å²) in [6.45, 7) is 3.54. The highest BCUT2D eigenvalue weighted by Gasteiger charge is 2.32. The maximum Gasteiger partial charge on any atom is 0.416 e. The van der Waals surface area contributed by atoms with E-state index in [0.29, 0.717) is 5.56 Å². The Labute approximate surface area is 148 Å². The molecule has 1 amide bonds. The molecule has 0 unspecified atom stereocenters. The molecule has 0 radical (unpaired) electrons. The van der Waals surface area contributed by atoms with Gasteiger partial charge in [-0.15, -0.1) is 0 Å². The zero-order valence-corrected chi connectivity index (χ0v) is 14.1. The Morgan fingerprint density at radius 2 is 1.65 bits per heavy atom. The topological polar surface area (TPSA) is 72.2 Å². The highest BCUT2D eigenvalue weighted by Crippen LogP contribution is 2.32. The summed E-state index contributed by atoms with van der Waals surface area (Å²) in [5, 5.41) is 13.3. The number of nitro benzene ring substituents is 1. The van der Waals surface area contributed by atoms with Crippen molar-refractivity contribution in [2.45, 2.75) is 25.4 Å². The van der Waals surface area contributed by atoms with E-state index in [-0.39, 0.29) is 17.8 Å². The zero-order valence-electron chi connectivity index (χ0n) is 14.1. The van der Waals surface area contributed by atoms with Crippen LogP contribution in [0.2, 0.25) is 0 Å². The first-order chi connectivity index (χ1) is 12.0. The highest BCUT2D eigenvalue weighted by atomic mass is 19.4. The minimum absolute atomic E-state index is 0.101. The van der Waals surface area contributed by atoms with Gasteiger partial charge >= 0.3 is 6.18 Å². The van der Waals surface area contributed by atoms with Crippen LogP contribution < -0.4 is 5.32 Å². The largest absolute Gasteiger partial charge is 0.416 e. The van der Waals surface area contributed by atoms with Crippen LogP contribution in [0.1, 0.15) is 35.3 Å². The van der Waals surface area contributed by atoms with Crippen molar-refractivity contribution in [1.29, 1.82) is 0 Å². The summed E-state index contributed by atoms with van der Waals surface area (Å²) < 4.78 is 38.6. The maximum atomic E-state index is 12.9. The number of hydrogen-bond acceptors (Lipinski definition) is 3. The molecule has 0 atom stereocenters. The second-order valence-corrected chi connectivity index (χ2v) is 6.45. The van der Waals surface area contributed by atoms with Crippen molar-refractivity contribution in [3.63, 3.8) is 0 Å². The normalized spacial score (nSPS) is 11.9. The van der Waals surface area contributed by atoms with Gasteiger partial charge in [-0.25, -0.2) is 0 Å². The van der Waals surface area contributed by atoms with E-state index in [2.05, 4.69) is 5.32 Å². The fraction of sp³-hybridized carbons (Fsp3) is 0.278. The maximum absolute atomic E-state index is 12.9. The van der Waals surface area contributed by atoms with E-state index in [4.69, 9.17) is 0 Å². The molecule has 8 heteroatoms. The number of nitrogens with one attached hydrogen (secondary N) is 1. The van der Waals surface area contributed by atoms with Gasteiger partial charge in [-0.1, -0.05) is 32.0 Å². The molecule has 0 bridgehead atoms. The van der Waals surface area contributed by atoms with Crippen LogP contribution in [-0.4, -0.2) is 17.4 Å². The third-order valence-electron chi connectivity index (χ3n) is 4.00. The number of benzene rings is 2. The van der Waals surface area contributed by atoms with Crippen LogP contribution in [0.25, 0.3) is 0 Å². The number of rotatable bonds is 5. The van der Waals surface area contributed by atoms with Crippen molar-refractivity contribution >= 4 is 11.6 Å². The number of carbonyl (C=O) groups is 1. The minimum Gasteiger partial charge on any atom is -0.351 e. The first-order valence-corrected chi connectivity index (χ1v) is 7.71. The smallest absolute Gasteiger partial charge is 0.351 e. The summed E-state index contributed by atoms with van der Waals surface area (Å²) in [5.74, 6) is -0.458. The number of nitrogens with zero attached hydrogens (tertiary/aromatic N) is 1. The van der Waals surface area contributed by atoms with Gasteiger partial charge in [0.05, 0.1) is 10.5 Å². The molecule has 26 heavy (non-hydrogen) atoms. The Hall–Kier alpha value is -2.90. The van der Waals surface area contributed by atoms with Gasteiger partial charge in [0, 0.05) is 29.7 Å². The second kappa shape index (κ2) is 7.15. The first-order valence-electron chi connectivity index (χ1n) is 7.71. The van der Waals surface area contributed by atoms with Crippen molar-refractivity contribution in [3.8, 4) is 0 Å². The third-order valence-corrected chi connectivity index (χ3v) is 4.00. The number of nitro groups is 1. The van der Waals surface area contributed by atoms with Crippen molar-refractivity contribution in [2.75, 3.05) is 6.54 Å². The molecule has 5 nitrogen and oxygen atoms in total. The van der Waals surface area contributed by atoms with Crippen LogP contribution in [0.15, 0.2) is 48.5 Å². The molecular weight excluding hydrogens is 349 g/mol. The Kier molecular flexibility index (Phi) is 5.34. The molecule has 2 aromatic carbocycles. The summed E-state index contributed by atoms with van der Waals surface area (Å²) in [5.41, 5.74) is -0.945. The Morgan fingerprint density at radius 3 is 2.19 bits per heavy atom. The van der Waals surface area contributed by atoms with Gasteiger partial charge in [0.2, 0.25) is 0 Å². The van der Waals surface area contributed by atoms with E-state index in [1.165, 1.54) is 30.3 Å². The Balaban J connectivity index is 2.10. The van der Waals surface area contributed by atoms with Crippen LogP contribution in [0, 0.1) is 10.1 Å². The average Bonchev–Trinajstić information content (AvgIpc) is 2.59. The van der Waals surface area contributed by atoms with Crippen molar-refractivity contribution in [3.05, 3.63) is 75.3 Å². The summed E-state index contributed by atoms with van der Waals surface area (Å²) in [6.07, 6.45) is -4.44. The first kappa shape index (κ1) is 19.4. The van der Waals surface area contributed by atoms with Gasteiger partial charge < -0.3 is 5.32 Å². The van der Waals surface area contributed by atoms with Gasteiger partial charge in [-0.05, 0) is 23.8 Å². The molecule has 2 aromatic rings. The predicted molar refractivity (Wildman–Crippen MR) is 89.9 cm³/mol. The summed E-state index contributed by atoms with van der Waals surface area (Å²) in [4.78, 5) is 22.2. The summed E-state index contributed by atoms with van der Waals surface area (Å²) in [6, 6.07) is 10.0. The molecule has 0 aliphatic carbocycles. The molecule has 1 N–H and O–H groups in total. The van der Waals surface area contributed by atoms with Crippen LogP contribution in [-0.2, 0) is 11.6 Å². The number of alkyl halides is 3. The molecule has 0 fully saturated rings. The van der Waals surface area contributed by atoms with Crippen molar-refractivity contribution in [1.82, 2.24) is 5.32 Å². The van der Waals surface area contributed by atoms with E-state index in [9.17, 15) is 28.1 Å². The Bertz CT molecular complexity index is 815. The molecule has 0 saturated heterocycles. The van der Waals surface area contributed by atoms with E-state index in [1.54, 1.807) is 19.9 Å². The van der Waals surface area contributed by atoms with Gasteiger partial charge in [0.1, 0.15) is 0 Å². The number of carbonyl (C=O) groups excluding carboxylic acids is 1. The summed E-state index contributed by atoms with van der Waals surface area (Å²) >= 11 is 0. The lowest BCUT2D eigenvalue weighted by Gasteiger charge is -2.26. The van der Waals surface area contributed by atoms with E-state index < -0.39 is 28.0 Å². The standard InChI is InChI=1S/C18H17F3N2O3/c1-17(2,13-4-3-5-14(10-13)18(19,20)21)11-22-16(24)12-6-8-15(9-7-12)23(25)26/h3-10H,11H2,1-2H3,(H,22,24). The molecule has 0 aliphatic rings. The van der Waals surface area contributed by atoms with Crippen LogP contribution >= 0.6 is 0 Å². The Morgan fingerprint density at radius 1 is 1.08 bits per heavy atom. The summed E-state index contributed by atoms with van der Waals surface area (Å²) in [7, 11) is 0. The van der Waals surface area contributed by atoms with E-state index in [1.807, 2.05) is 0 Å². The number of hydrogen-bond donors (Lipinski definition) is 1. The van der Waals surface area contributed by atoms with E-state index in [0.717, 1.165) is 12.1 Å². The van der Waals surface area contributed by atoms with Gasteiger partial charge in [0.15, 0.2) is 0 Å². The quantitative estimate of drug-likeness (QED) is 0.633. The van der Waals surface area contributed by atoms with Crippen molar-refractivity contribution in [2.24, 2.45) is 0 Å².